The van der Waals surface area contributed by atoms with Crippen LogP contribution in [0.1, 0.15) is 118 Å². The Bertz CT molecular complexity index is 454. The van der Waals surface area contributed by atoms with Gasteiger partial charge < -0.3 is 9.47 Å². The second-order valence-corrected chi connectivity index (χ2v) is 9.38. The number of esters is 2. The molecular formula is C26H48O4. The summed E-state index contributed by atoms with van der Waals surface area (Å²) in [7, 11) is 0. The Balaban J connectivity index is 2.31. The number of hydrogen-bond acceptors (Lipinski definition) is 4. The van der Waals surface area contributed by atoms with Crippen LogP contribution in [0, 0.1) is 23.7 Å². The molecule has 4 heteroatoms. The average Bonchev–Trinajstić information content (AvgIpc) is 2.77. The molecule has 0 amide bonds. The van der Waals surface area contributed by atoms with Gasteiger partial charge in [-0.1, -0.05) is 72.6 Å². The maximum Gasteiger partial charge on any atom is 0.308 e. The van der Waals surface area contributed by atoms with E-state index in [4.69, 9.17) is 9.47 Å². The smallest absolute Gasteiger partial charge is 0.308 e. The van der Waals surface area contributed by atoms with Crippen molar-refractivity contribution in [1.82, 2.24) is 0 Å². The molecule has 2 unspecified atom stereocenters. The topological polar surface area (TPSA) is 52.6 Å². The van der Waals surface area contributed by atoms with Crippen molar-refractivity contribution in [2.45, 2.75) is 118 Å². The van der Waals surface area contributed by atoms with E-state index in [2.05, 4.69) is 27.7 Å². The Morgan fingerprint density at radius 3 is 1.63 bits per heavy atom. The van der Waals surface area contributed by atoms with Crippen LogP contribution in [-0.4, -0.2) is 25.2 Å². The van der Waals surface area contributed by atoms with E-state index in [0.29, 0.717) is 25.0 Å². The van der Waals surface area contributed by atoms with Crippen LogP contribution >= 0.6 is 0 Å². The van der Waals surface area contributed by atoms with Gasteiger partial charge in [-0.25, -0.2) is 0 Å². The van der Waals surface area contributed by atoms with E-state index in [0.717, 1.165) is 57.8 Å². The normalized spacial score (nSPS) is 21.1. The minimum absolute atomic E-state index is 0.0417. The van der Waals surface area contributed by atoms with Crippen LogP contribution in [0.4, 0.5) is 0 Å². The van der Waals surface area contributed by atoms with Crippen molar-refractivity contribution >= 4 is 11.9 Å². The monoisotopic (exact) mass is 424 g/mol. The van der Waals surface area contributed by atoms with Crippen LogP contribution in [0.3, 0.4) is 0 Å². The average molecular weight is 425 g/mol. The van der Waals surface area contributed by atoms with Crippen LogP contribution in [0.5, 0.6) is 0 Å². The van der Waals surface area contributed by atoms with Gasteiger partial charge in [-0.3, -0.25) is 9.59 Å². The highest BCUT2D eigenvalue weighted by atomic mass is 16.5. The molecule has 1 fully saturated rings. The lowest BCUT2D eigenvalue weighted by molar-refractivity contribution is -0.156. The molecule has 1 aliphatic rings. The minimum Gasteiger partial charge on any atom is -0.465 e. The molecule has 4 nitrogen and oxygen atoms in total. The Labute approximate surface area is 185 Å². The lowest BCUT2D eigenvalue weighted by Gasteiger charge is -2.27. The van der Waals surface area contributed by atoms with E-state index < -0.39 is 0 Å². The predicted molar refractivity (Wildman–Crippen MR) is 123 cm³/mol. The van der Waals surface area contributed by atoms with Crippen molar-refractivity contribution in [3.05, 3.63) is 0 Å². The summed E-state index contributed by atoms with van der Waals surface area (Å²) >= 11 is 0. The van der Waals surface area contributed by atoms with Crippen LogP contribution in [0.2, 0.25) is 0 Å². The second-order valence-electron chi connectivity index (χ2n) is 9.38. The van der Waals surface area contributed by atoms with Gasteiger partial charge in [0.2, 0.25) is 0 Å². The molecule has 2 atom stereocenters. The first kappa shape index (κ1) is 27.0. The molecule has 0 aromatic heterocycles. The molecular weight excluding hydrogens is 376 g/mol. The van der Waals surface area contributed by atoms with Crippen molar-refractivity contribution in [2.24, 2.45) is 23.7 Å². The number of hydrogen-bond donors (Lipinski definition) is 0. The van der Waals surface area contributed by atoms with Crippen molar-refractivity contribution in [3.63, 3.8) is 0 Å². The maximum atomic E-state index is 12.5. The molecule has 176 valence electrons. The Morgan fingerprint density at radius 2 is 1.17 bits per heavy atom. The van der Waals surface area contributed by atoms with E-state index in [-0.39, 0.29) is 23.8 Å². The minimum atomic E-state index is -0.0595. The fourth-order valence-electron chi connectivity index (χ4n) is 4.50. The first-order valence-electron chi connectivity index (χ1n) is 12.9. The molecule has 1 aliphatic carbocycles. The summed E-state index contributed by atoms with van der Waals surface area (Å²) in [5, 5.41) is 0. The van der Waals surface area contributed by atoms with Crippen molar-refractivity contribution in [1.29, 1.82) is 0 Å². The summed E-state index contributed by atoms with van der Waals surface area (Å²) in [4.78, 5) is 25.0. The highest BCUT2D eigenvalue weighted by molar-refractivity contribution is 5.75. The highest BCUT2D eigenvalue weighted by Crippen LogP contribution is 2.31. The quantitative estimate of drug-likeness (QED) is 0.196. The molecule has 0 heterocycles. The summed E-state index contributed by atoms with van der Waals surface area (Å²) in [6, 6.07) is 0. The van der Waals surface area contributed by atoms with E-state index in [1.54, 1.807) is 0 Å². The van der Waals surface area contributed by atoms with Gasteiger partial charge in [0, 0.05) is 0 Å². The first-order chi connectivity index (χ1) is 14.5. The third-order valence-corrected chi connectivity index (χ3v) is 6.77. The molecule has 30 heavy (non-hydrogen) atoms. The van der Waals surface area contributed by atoms with Gasteiger partial charge in [0.25, 0.3) is 0 Å². The van der Waals surface area contributed by atoms with Gasteiger partial charge in [0.05, 0.1) is 25.0 Å². The van der Waals surface area contributed by atoms with Gasteiger partial charge in [-0.15, -0.1) is 0 Å². The van der Waals surface area contributed by atoms with Gasteiger partial charge in [0.15, 0.2) is 0 Å². The fraction of sp³-hybridized carbons (Fsp3) is 0.923. The molecule has 0 spiro atoms. The van der Waals surface area contributed by atoms with E-state index in [1.165, 1.54) is 32.1 Å². The van der Waals surface area contributed by atoms with Crippen LogP contribution in [-0.2, 0) is 19.1 Å². The van der Waals surface area contributed by atoms with Crippen molar-refractivity contribution < 1.29 is 19.1 Å². The zero-order chi connectivity index (χ0) is 22.2. The third-order valence-electron chi connectivity index (χ3n) is 6.77. The largest absolute Gasteiger partial charge is 0.465 e. The second kappa shape index (κ2) is 16.6. The summed E-state index contributed by atoms with van der Waals surface area (Å²) in [5.41, 5.74) is 0. The fourth-order valence-corrected chi connectivity index (χ4v) is 4.50. The summed E-state index contributed by atoms with van der Waals surface area (Å²) in [6.07, 6.45) is 14.7. The highest BCUT2D eigenvalue weighted by Gasteiger charge is 2.32. The Morgan fingerprint density at radius 1 is 0.667 bits per heavy atom. The number of ether oxygens (including phenoxy) is 2. The van der Waals surface area contributed by atoms with Gasteiger partial charge >= 0.3 is 11.9 Å². The van der Waals surface area contributed by atoms with Crippen molar-refractivity contribution in [3.8, 4) is 0 Å². The molecule has 0 N–H and O–H groups in total. The summed E-state index contributed by atoms with van der Waals surface area (Å²) in [6.45, 7) is 9.89. The lowest BCUT2D eigenvalue weighted by atomic mass is 9.82. The predicted octanol–water partition coefficient (Wildman–Crippen LogP) is 7.09. The number of carbonyl (C=O) groups is 2. The maximum absolute atomic E-state index is 12.5. The summed E-state index contributed by atoms with van der Waals surface area (Å²) in [5.74, 6) is 0.781. The number of carbonyl (C=O) groups excluding carboxylic acids is 2. The van der Waals surface area contributed by atoms with Gasteiger partial charge in [0.1, 0.15) is 0 Å². The third kappa shape index (κ3) is 10.8. The van der Waals surface area contributed by atoms with E-state index >= 15 is 0 Å². The molecule has 0 aromatic rings. The molecule has 1 saturated carbocycles. The standard InChI is InChI=1S/C26H48O4/c1-5-9-11-14-22(12-7-3)20-30-26(28)24-17-15-23(16-18-24)25(27)29-19-21(8-4)13-10-6-2/h21-24H,5-20H2,1-4H3. The zero-order valence-electron chi connectivity index (χ0n) is 20.3. The van der Waals surface area contributed by atoms with Crippen molar-refractivity contribution in [2.75, 3.05) is 13.2 Å². The number of rotatable bonds is 16. The zero-order valence-corrected chi connectivity index (χ0v) is 20.3. The van der Waals surface area contributed by atoms with Gasteiger partial charge in [-0.05, 0) is 56.8 Å². The molecule has 0 bridgehead atoms. The molecule has 0 aromatic carbocycles. The SMILES string of the molecule is CCCCCC(CCC)COC(=O)C1CCC(C(=O)OCC(CC)CCCC)CC1. The molecule has 0 saturated heterocycles. The van der Waals surface area contributed by atoms with Gasteiger partial charge in [-0.2, -0.15) is 0 Å². The van der Waals surface area contributed by atoms with E-state index in [1.807, 2.05) is 0 Å². The van der Waals surface area contributed by atoms with Crippen LogP contribution in [0.25, 0.3) is 0 Å². The Kier molecular flexibility index (Phi) is 14.9. The Hall–Kier alpha value is -1.06. The molecule has 0 radical (unpaired) electrons. The molecule has 1 rings (SSSR count). The number of unbranched alkanes of at least 4 members (excludes halogenated alkanes) is 3. The van der Waals surface area contributed by atoms with E-state index in [9.17, 15) is 9.59 Å². The summed E-state index contributed by atoms with van der Waals surface area (Å²) < 4.78 is 11.3. The molecule has 0 aliphatic heterocycles. The lowest BCUT2D eigenvalue weighted by Crippen LogP contribution is -2.30. The first-order valence-corrected chi connectivity index (χ1v) is 12.9. The van der Waals surface area contributed by atoms with Crippen LogP contribution < -0.4 is 0 Å². The van der Waals surface area contributed by atoms with Crippen LogP contribution in [0.15, 0.2) is 0 Å².